The molecule has 1 aliphatic heterocycles. The Bertz CT molecular complexity index is 900. The first kappa shape index (κ1) is 18.2. The number of para-hydroxylation sites is 2. The number of carbonyl (C=O) groups excluding carboxylic acids is 1. The van der Waals surface area contributed by atoms with Crippen LogP contribution in [-0.4, -0.2) is 39.8 Å². The number of benzene rings is 2. The summed E-state index contributed by atoms with van der Waals surface area (Å²) in [5.41, 5.74) is 1.31. The van der Waals surface area contributed by atoms with E-state index in [2.05, 4.69) is 5.32 Å². The number of nitrogens with zero attached hydrogens (tertiary/aromatic N) is 1. The minimum atomic E-state index is -3.54. The van der Waals surface area contributed by atoms with Gasteiger partial charge in [0.1, 0.15) is 11.6 Å². The number of hydrogen-bond donors (Lipinski definition) is 1. The molecule has 0 saturated carbocycles. The summed E-state index contributed by atoms with van der Waals surface area (Å²) in [6.07, 6.45) is 0.692. The van der Waals surface area contributed by atoms with E-state index in [4.69, 9.17) is 4.74 Å². The van der Waals surface area contributed by atoms with Crippen LogP contribution in [0.4, 0.5) is 10.1 Å². The Morgan fingerprint density at radius 3 is 2.62 bits per heavy atom. The predicted molar refractivity (Wildman–Crippen MR) is 96.2 cm³/mol. The van der Waals surface area contributed by atoms with Crippen LogP contribution in [0.2, 0.25) is 0 Å². The summed E-state index contributed by atoms with van der Waals surface area (Å²) in [5.74, 6) is -0.356. The normalized spacial score (nSPS) is 16.5. The maximum absolute atomic E-state index is 12.9. The van der Waals surface area contributed by atoms with Crippen LogP contribution in [0.3, 0.4) is 0 Å². The van der Waals surface area contributed by atoms with Gasteiger partial charge in [-0.05, 0) is 36.2 Å². The van der Waals surface area contributed by atoms with Crippen molar-refractivity contribution in [1.29, 1.82) is 0 Å². The lowest BCUT2D eigenvalue weighted by Crippen LogP contribution is -2.50. The minimum Gasteiger partial charge on any atom is -0.476 e. The lowest BCUT2D eigenvalue weighted by atomic mass is 10.1. The van der Waals surface area contributed by atoms with Crippen LogP contribution in [0.15, 0.2) is 48.5 Å². The molecule has 8 heteroatoms. The summed E-state index contributed by atoms with van der Waals surface area (Å²) >= 11 is 0. The van der Waals surface area contributed by atoms with Crippen LogP contribution in [0.25, 0.3) is 0 Å². The van der Waals surface area contributed by atoms with Crippen molar-refractivity contribution in [3.05, 3.63) is 59.9 Å². The smallest absolute Gasteiger partial charge is 0.263 e. The monoisotopic (exact) mass is 378 g/mol. The molecule has 26 heavy (non-hydrogen) atoms. The Labute approximate surface area is 151 Å². The van der Waals surface area contributed by atoms with Crippen LogP contribution in [-0.2, 0) is 21.2 Å². The van der Waals surface area contributed by atoms with Crippen LogP contribution in [0, 0.1) is 5.82 Å². The van der Waals surface area contributed by atoms with E-state index in [1.54, 1.807) is 36.4 Å². The van der Waals surface area contributed by atoms with Crippen molar-refractivity contribution in [1.82, 2.24) is 5.32 Å². The lowest BCUT2D eigenvalue weighted by Gasteiger charge is -2.33. The molecule has 0 unspecified atom stereocenters. The largest absolute Gasteiger partial charge is 0.476 e. The molecule has 0 aliphatic carbocycles. The molecule has 0 saturated heterocycles. The maximum atomic E-state index is 12.9. The lowest BCUT2D eigenvalue weighted by molar-refractivity contribution is -0.127. The molecular weight excluding hydrogens is 359 g/mol. The molecule has 3 rings (SSSR count). The fourth-order valence-electron chi connectivity index (χ4n) is 2.75. The molecule has 1 atom stereocenters. The van der Waals surface area contributed by atoms with E-state index in [1.807, 2.05) is 0 Å². The maximum Gasteiger partial charge on any atom is 0.263 e. The van der Waals surface area contributed by atoms with Crippen LogP contribution in [0.1, 0.15) is 5.56 Å². The zero-order valence-corrected chi connectivity index (χ0v) is 15.0. The van der Waals surface area contributed by atoms with Gasteiger partial charge in [-0.1, -0.05) is 24.3 Å². The van der Waals surface area contributed by atoms with Crippen molar-refractivity contribution in [2.45, 2.75) is 12.5 Å². The second-order valence-electron chi connectivity index (χ2n) is 6.04. The highest BCUT2D eigenvalue weighted by molar-refractivity contribution is 7.92. The molecule has 1 heterocycles. The number of carbonyl (C=O) groups is 1. The molecule has 1 amide bonds. The van der Waals surface area contributed by atoms with E-state index >= 15 is 0 Å². The quantitative estimate of drug-likeness (QED) is 0.860. The summed E-state index contributed by atoms with van der Waals surface area (Å²) in [5, 5.41) is 2.74. The van der Waals surface area contributed by atoms with E-state index in [9.17, 15) is 17.6 Å². The summed E-state index contributed by atoms with van der Waals surface area (Å²) in [6, 6.07) is 12.7. The van der Waals surface area contributed by atoms with Crippen LogP contribution >= 0.6 is 0 Å². The van der Waals surface area contributed by atoms with Gasteiger partial charge in [-0.3, -0.25) is 9.10 Å². The molecule has 138 valence electrons. The number of rotatable bonds is 5. The highest BCUT2D eigenvalue weighted by atomic mass is 32.2. The Morgan fingerprint density at radius 2 is 1.92 bits per heavy atom. The molecule has 0 bridgehead atoms. The van der Waals surface area contributed by atoms with Gasteiger partial charge in [0.2, 0.25) is 10.0 Å². The summed E-state index contributed by atoms with van der Waals surface area (Å²) in [6.45, 7) is 0.253. The third kappa shape index (κ3) is 4.13. The van der Waals surface area contributed by atoms with Crippen molar-refractivity contribution >= 4 is 21.6 Å². The molecule has 0 fully saturated rings. The van der Waals surface area contributed by atoms with Crippen LogP contribution in [0.5, 0.6) is 5.75 Å². The summed E-state index contributed by atoms with van der Waals surface area (Å²) in [7, 11) is -3.54. The summed E-state index contributed by atoms with van der Waals surface area (Å²) in [4.78, 5) is 12.4. The molecule has 0 radical (unpaired) electrons. The molecule has 0 aromatic heterocycles. The Morgan fingerprint density at radius 1 is 1.23 bits per heavy atom. The molecule has 6 nitrogen and oxygen atoms in total. The van der Waals surface area contributed by atoms with Gasteiger partial charge in [0.15, 0.2) is 6.10 Å². The SMILES string of the molecule is CS(=O)(=O)N1C[C@H](C(=O)NCCc2ccc(F)cc2)Oc2ccccc21. The number of anilines is 1. The van der Waals surface area contributed by atoms with Gasteiger partial charge in [-0.25, -0.2) is 12.8 Å². The topological polar surface area (TPSA) is 75.7 Å². The van der Waals surface area contributed by atoms with Gasteiger partial charge in [0, 0.05) is 6.54 Å². The van der Waals surface area contributed by atoms with E-state index in [1.165, 1.54) is 16.4 Å². The summed E-state index contributed by atoms with van der Waals surface area (Å²) < 4.78 is 43.8. The number of halogens is 1. The van der Waals surface area contributed by atoms with Gasteiger partial charge >= 0.3 is 0 Å². The number of fused-ring (bicyclic) bond motifs is 1. The van der Waals surface area contributed by atoms with Crippen molar-refractivity contribution in [2.75, 3.05) is 23.7 Å². The van der Waals surface area contributed by atoms with Crippen LogP contribution < -0.4 is 14.4 Å². The number of sulfonamides is 1. The zero-order valence-electron chi connectivity index (χ0n) is 14.2. The van der Waals surface area contributed by atoms with Crippen molar-refractivity contribution in [3.63, 3.8) is 0 Å². The van der Waals surface area contributed by atoms with E-state index < -0.39 is 22.0 Å². The average Bonchev–Trinajstić information content (AvgIpc) is 2.61. The van der Waals surface area contributed by atoms with Gasteiger partial charge in [-0.15, -0.1) is 0 Å². The van der Waals surface area contributed by atoms with Gasteiger partial charge in [0.25, 0.3) is 5.91 Å². The van der Waals surface area contributed by atoms with E-state index in [-0.39, 0.29) is 12.4 Å². The molecule has 2 aromatic rings. The predicted octanol–water partition coefficient (Wildman–Crippen LogP) is 1.71. The highest BCUT2D eigenvalue weighted by Crippen LogP contribution is 2.34. The number of ether oxygens (including phenoxy) is 1. The first-order valence-electron chi connectivity index (χ1n) is 8.10. The van der Waals surface area contributed by atoms with Gasteiger partial charge < -0.3 is 10.1 Å². The molecular formula is C18H19FN2O4S. The van der Waals surface area contributed by atoms with E-state index in [0.717, 1.165) is 11.8 Å². The number of amides is 1. The minimum absolute atomic E-state index is 0.0851. The average molecular weight is 378 g/mol. The first-order chi connectivity index (χ1) is 12.3. The highest BCUT2D eigenvalue weighted by Gasteiger charge is 2.34. The molecule has 2 aromatic carbocycles. The molecule has 0 spiro atoms. The second-order valence-corrected chi connectivity index (χ2v) is 7.94. The molecule has 1 N–H and O–H groups in total. The fourth-order valence-corrected chi connectivity index (χ4v) is 3.66. The van der Waals surface area contributed by atoms with Gasteiger partial charge in [-0.2, -0.15) is 0 Å². The second kappa shape index (κ2) is 7.33. The molecule has 1 aliphatic rings. The van der Waals surface area contributed by atoms with Crippen molar-refractivity contribution < 1.29 is 22.3 Å². The van der Waals surface area contributed by atoms with Crippen molar-refractivity contribution in [3.8, 4) is 5.75 Å². The fraction of sp³-hybridized carbons (Fsp3) is 0.278. The number of hydrogen-bond acceptors (Lipinski definition) is 4. The third-order valence-electron chi connectivity index (χ3n) is 4.05. The van der Waals surface area contributed by atoms with Gasteiger partial charge in [0.05, 0.1) is 18.5 Å². The Balaban J connectivity index is 1.65. The van der Waals surface area contributed by atoms with Crippen molar-refractivity contribution in [2.24, 2.45) is 0 Å². The zero-order chi connectivity index (χ0) is 18.7. The van der Waals surface area contributed by atoms with E-state index in [0.29, 0.717) is 24.4 Å². The Kier molecular flexibility index (Phi) is 5.13. The standard InChI is InChI=1S/C18H19FN2O4S/c1-26(23,24)21-12-17(25-16-5-3-2-4-15(16)21)18(22)20-11-10-13-6-8-14(19)9-7-13/h2-9,17H,10-12H2,1H3,(H,20,22)/t17-/m1/s1. The first-order valence-corrected chi connectivity index (χ1v) is 9.95. The Hall–Kier alpha value is -2.61. The third-order valence-corrected chi connectivity index (χ3v) is 5.20. The number of nitrogens with one attached hydrogen (secondary N) is 1.